The first-order chi connectivity index (χ1) is 6.57. The topological polar surface area (TPSA) is 59.3 Å². The molecule has 0 aromatic carbocycles. The maximum Gasteiger partial charge on any atom is 0.347 e. The van der Waals surface area contributed by atoms with E-state index in [1.54, 1.807) is 6.92 Å². The van der Waals surface area contributed by atoms with Crippen molar-refractivity contribution < 1.29 is 9.90 Å². The van der Waals surface area contributed by atoms with Crippen LogP contribution < -0.4 is 4.87 Å². The van der Waals surface area contributed by atoms with Crippen LogP contribution in [-0.2, 0) is 6.54 Å². The molecule has 0 saturated heterocycles. The Balaban J connectivity index is 3.05. The molecular formula is C9H13NO3S. The van der Waals surface area contributed by atoms with Crippen LogP contribution in [0.15, 0.2) is 4.79 Å². The van der Waals surface area contributed by atoms with E-state index < -0.39 is 5.97 Å². The van der Waals surface area contributed by atoms with E-state index in [1.807, 2.05) is 6.92 Å². The van der Waals surface area contributed by atoms with Crippen molar-refractivity contribution in [2.75, 3.05) is 0 Å². The number of carboxylic acid groups (broad SMARTS) is 1. The maximum absolute atomic E-state index is 11.4. The lowest BCUT2D eigenvalue weighted by atomic mass is 10.3. The van der Waals surface area contributed by atoms with Gasteiger partial charge in [-0.05, 0) is 13.3 Å². The van der Waals surface area contributed by atoms with E-state index in [9.17, 15) is 9.59 Å². The Morgan fingerprint density at radius 1 is 1.57 bits per heavy atom. The lowest BCUT2D eigenvalue weighted by molar-refractivity contribution is 0.0700. The second kappa shape index (κ2) is 4.41. The van der Waals surface area contributed by atoms with Gasteiger partial charge in [0.1, 0.15) is 4.88 Å². The first-order valence-corrected chi connectivity index (χ1v) is 5.33. The van der Waals surface area contributed by atoms with Gasteiger partial charge >= 0.3 is 10.8 Å². The average molecular weight is 215 g/mol. The summed E-state index contributed by atoms with van der Waals surface area (Å²) in [5.41, 5.74) is 0.570. The zero-order valence-corrected chi connectivity index (χ0v) is 9.06. The molecule has 0 radical (unpaired) electrons. The maximum atomic E-state index is 11.4. The number of thiazole rings is 1. The number of aromatic nitrogens is 1. The first-order valence-electron chi connectivity index (χ1n) is 4.51. The molecule has 5 heteroatoms. The van der Waals surface area contributed by atoms with Gasteiger partial charge < -0.3 is 9.67 Å². The Kier molecular flexibility index (Phi) is 3.46. The van der Waals surface area contributed by atoms with Crippen molar-refractivity contribution in [2.45, 2.75) is 33.2 Å². The predicted molar refractivity (Wildman–Crippen MR) is 55.2 cm³/mol. The normalized spacial score (nSPS) is 10.4. The molecule has 1 N–H and O–H groups in total. The molecule has 0 spiro atoms. The lowest BCUT2D eigenvalue weighted by Crippen LogP contribution is -2.14. The summed E-state index contributed by atoms with van der Waals surface area (Å²) in [6.07, 6.45) is 1.89. The van der Waals surface area contributed by atoms with Crippen LogP contribution in [0.1, 0.15) is 35.1 Å². The summed E-state index contributed by atoms with van der Waals surface area (Å²) in [5, 5.41) is 8.79. The Morgan fingerprint density at radius 3 is 2.64 bits per heavy atom. The largest absolute Gasteiger partial charge is 0.477 e. The van der Waals surface area contributed by atoms with Crippen molar-refractivity contribution in [1.82, 2.24) is 4.57 Å². The molecule has 0 aliphatic rings. The molecule has 78 valence electrons. The summed E-state index contributed by atoms with van der Waals surface area (Å²) in [7, 11) is 0. The van der Waals surface area contributed by atoms with E-state index in [1.165, 1.54) is 4.57 Å². The van der Waals surface area contributed by atoms with E-state index >= 15 is 0 Å². The second-order valence-corrected chi connectivity index (χ2v) is 4.05. The predicted octanol–water partition coefficient (Wildman–Crippen LogP) is 1.72. The van der Waals surface area contributed by atoms with Gasteiger partial charge in [0.2, 0.25) is 0 Å². The lowest BCUT2D eigenvalue weighted by Gasteiger charge is -2.02. The number of hydrogen-bond donors (Lipinski definition) is 1. The summed E-state index contributed by atoms with van der Waals surface area (Å²) >= 11 is 0.807. The van der Waals surface area contributed by atoms with Gasteiger partial charge in [-0.1, -0.05) is 24.7 Å². The van der Waals surface area contributed by atoms with Crippen molar-refractivity contribution in [2.24, 2.45) is 0 Å². The Bertz CT molecular complexity index is 391. The molecule has 0 aliphatic carbocycles. The fourth-order valence-corrected chi connectivity index (χ4v) is 2.11. The fraction of sp³-hybridized carbons (Fsp3) is 0.556. The van der Waals surface area contributed by atoms with Crippen molar-refractivity contribution in [1.29, 1.82) is 0 Å². The van der Waals surface area contributed by atoms with E-state index in [4.69, 9.17) is 5.11 Å². The summed E-state index contributed by atoms with van der Waals surface area (Å²) in [4.78, 5) is 22.1. The summed E-state index contributed by atoms with van der Waals surface area (Å²) in [5.74, 6) is -1.01. The minimum absolute atomic E-state index is 0.158. The van der Waals surface area contributed by atoms with Crippen molar-refractivity contribution in [3.05, 3.63) is 20.2 Å². The second-order valence-electron chi connectivity index (χ2n) is 3.09. The highest BCUT2D eigenvalue weighted by atomic mass is 32.1. The summed E-state index contributed by atoms with van der Waals surface area (Å²) in [6, 6.07) is 0. The molecule has 1 aromatic rings. The van der Waals surface area contributed by atoms with E-state index in [0.717, 1.165) is 24.2 Å². The monoisotopic (exact) mass is 215 g/mol. The highest BCUT2D eigenvalue weighted by Crippen LogP contribution is 2.12. The van der Waals surface area contributed by atoms with Crippen LogP contribution >= 0.6 is 11.3 Å². The van der Waals surface area contributed by atoms with Gasteiger partial charge in [-0.15, -0.1) is 0 Å². The van der Waals surface area contributed by atoms with Gasteiger partial charge in [0.05, 0.1) is 0 Å². The van der Waals surface area contributed by atoms with Crippen molar-refractivity contribution in [3.8, 4) is 0 Å². The van der Waals surface area contributed by atoms with E-state index in [0.29, 0.717) is 12.2 Å². The molecular weight excluding hydrogens is 202 g/mol. The molecule has 0 fully saturated rings. The molecule has 14 heavy (non-hydrogen) atoms. The number of carboxylic acids is 1. The van der Waals surface area contributed by atoms with Gasteiger partial charge in [-0.2, -0.15) is 0 Å². The molecule has 0 unspecified atom stereocenters. The standard InChI is InChI=1S/C9H13NO3S/c1-3-4-5-10-6(2)7(8(11)12)14-9(10)13/h3-5H2,1-2H3,(H,11,12). The van der Waals surface area contributed by atoms with E-state index in [-0.39, 0.29) is 9.75 Å². The SMILES string of the molecule is CCCCn1c(C)c(C(=O)O)sc1=O. The van der Waals surface area contributed by atoms with Crippen LogP contribution in [0.2, 0.25) is 0 Å². The third-order valence-corrected chi connectivity index (χ3v) is 3.14. The van der Waals surface area contributed by atoms with Crippen molar-refractivity contribution >= 4 is 17.3 Å². The van der Waals surface area contributed by atoms with Crippen LogP contribution in [0.25, 0.3) is 0 Å². The van der Waals surface area contributed by atoms with Crippen LogP contribution in [0.3, 0.4) is 0 Å². The highest BCUT2D eigenvalue weighted by molar-refractivity contribution is 7.11. The highest BCUT2D eigenvalue weighted by Gasteiger charge is 2.15. The van der Waals surface area contributed by atoms with Crippen LogP contribution in [0, 0.1) is 6.92 Å². The molecule has 0 amide bonds. The first kappa shape index (κ1) is 11.0. The molecule has 4 nitrogen and oxygen atoms in total. The van der Waals surface area contributed by atoms with Gasteiger partial charge in [0.25, 0.3) is 0 Å². The summed E-state index contributed by atoms with van der Waals surface area (Å²) < 4.78 is 1.54. The number of aromatic carboxylic acids is 1. The third-order valence-electron chi connectivity index (χ3n) is 2.07. The smallest absolute Gasteiger partial charge is 0.347 e. The molecule has 0 saturated carbocycles. The zero-order chi connectivity index (χ0) is 10.7. The van der Waals surface area contributed by atoms with Gasteiger partial charge in [-0.25, -0.2) is 4.79 Å². The van der Waals surface area contributed by atoms with Gasteiger partial charge in [-0.3, -0.25) is 4.79 Å². The number of carbonyl (C=O) groups is 1. The third kappa shape index (κ3) is 2.04. The number of unbranched alkanes of at least 4 members (excludes halogenated alkanes) is 1. The molecule has 0 atom stereocenters. The number of nitrogens with zero attached hydrogens (tertiary/aromatic N) is 1. The molecule has 0 aliphatic heterocycles. The quantitative estimate of drug-likeness (QED) is 0.831. The summed E-state index contributed by atoms with van der Waals surface area (Å²) in [6.45, 7) is 4.33. The number of hydrogen-bond acceptors (Lipinski definition) is 3. The average Bonchev–Trinajstić information content (AvgIpc) is 2.40. The number of rotatable bonds is 4. The van der Waals surface area contributed by atoms with Crippen LogP contribution in [-0.4, -0.2) is 15.6 Å². The Morgan fingerprint density at radius 2 is 2.21 bits per heavy atom. The minimum Gasteiger partial charge on any atom is -0.477 e. The minimum atomic E-state index is -1.01. The van der Waals surface area contributed by atoms with E-state index in [2.05, 4.69) is 0 Å². The van der Waals surface area contributed by atoms with Gasteiger partial charge in [0.15, 0.2) is 0 Å². The van der Waals surface area contributed by atoms with Crippen LogP contribution in [0.4, 0.5) is 0 Å². The molecule has 0 bridgehead atoms. The van der Waals surface area contributed by atoms with Crippen LogP contribution in [0.5, 0.6) is 0 Å². The Labute approximate surface area is 85.8 Å². The van der Waals surface area contributed by atoms with Crippen molar-refractivity contribution in [3.63, 3.8) is 0 Å². The van der Waals surface area contributed by atoms with Gasteiger partial charge in [0, 0.05) is 12.2 Å². The Hall–Kier alpha value is -1.10. The molecule has 1 rings (SSSR count). The molecule has 1 aromatic heterocycles. The fourth-order valence-electron chi connectivity index (χ4n) is 1.25. The zero-order valence-electron chi connectivity index (χ0n) is 8.24. The molecule has 1 heterocycles.